The summed E-state index contributed by atoms with van der Waals surface area (Å²) in [7, 11) is -0.967. The number of aromatic nitrogens is 5. The summed E-state index contributed by atoms with van der Waals surface area (Å²) in [4.78, 5) is 19.1. The fourth-order valence-corrected chi connectivity index (χ4v) is 10.4. The van der Waals surface area contributed by atoms with Crippen LogP contribution >= 0.6 is 11.6 Å². The van der Waals surface area contributed by atoms with E-state index in [1.165, 1.54) is 10.9 Å². The number of hydrogen-bond donors (Lipinski definition) is 1. The molecule has 2 fully saturated rings. The normalized spacial score (nSPS) is 24.2. The van der Waals surface area contributed by atoms with E-state index in [0.29, 0.717) is 38.5 Å². The molecule has 8 rings (SSSR count). The van der Waals surface area contributed by atoms with E-state index in [2.05, 4.69) is 27.9 Å². The third-order valence-electron chi connectivity index (χ3n) is 11.6. The number of Topliss-reactive ketones (excluding diaryl/α,β-unsaturated/α-hetero) is 1. The van der Waals surface area contributed by atoms with E-state index in [9.17, 15) is 36.1 Å². The average molecular weight is 904 g/mol. The van der Waals surface area contributed by atoms with E-state index in [4.69, 9.17) is 21.3 Å². The Balaban J connectivity index is 1.28. The SMILES string of the molecule is C=S(C)(=O)Cc1nn(C)c2c(-c3ccc(C#CC4(O)CC(C)OC(C)C4)nc3[C@@H](CC(=O)Cn3nc(C(F)(F)F)c4c3C(F)(F)[C@@H]3C[C@H]43)Cc3cc(F)cc(F)c3)ccc(Cl)c12. The highest BCUT2D eigenvalue weighted by molar-refractivity contribution is 7.98. The zero-order valence-electron chi connectivity index (χ0n) is 33.9. The molecule has 62 heavy (non-hydrogen) atoms. The first-order chi connectivity index (χ1) is 28.9. The smallest absolute Gasteiger partial charge is 0.377 e. The number of aliphatic hydroxyl groups is 1. The highest BCUT2D eigenvalue weighted by Crippen LogP contribution is 2.68. The molecule has 2 aliphatic carbocycles. The lowest BCUT2D eigenvalue weighted by Crippen LogP contribution is -2.42. The molecule has 1 N–H and O–H groups in total. The van der Waals surface area contributed by atoms with Crippen molar-refractivity contribution in [3.8, 4) is 23.0 Å². The van der Waals surface area contributed by atoms with E-state index < -0.39 is 92.3 Å². The molecule has 328 valence electrons. The molecular weight excluding hydrogens is 863 g/mol. The van der Waals surface area contributed by atoms with Crippen LogP contribution in [0.15, 0.2) is 42.5 Å². The van der Waals surface area contributed by atoms with Crippen LogP contribution in [0.2, 0.25) is 5.02 Å². The van der Waals surface area contributed by atoms with E-state index in [0.717, 1.165) is 12.1 Å². The van der Waals surface area contributed by atoms with Gasteiger partial charge in [-0.1, -0.05) is 23.6 Å². The van der Waals surface area contributed by atoms with Crippen LogP contribution in [0.5, 0.6) is 0 Å². The van der Waals surface area contributed by atoms with Gasteiger partial charge in [-0.3, -0.25) is 18.4 Å². The first-order valence-corrected chi connectivity index (χ1v) is 22.5. The molecule has 0 radical (unpaired) electrons. The lowest BCUT2D eigenvalue weighted by Gasteiger charge is -2.35. The summed E-state index contributed by atoms with van der Waals surface area (Å²) in [5.41, 5.74) is -2.40. The molecule has 0 amide bonds. The predicted octanol–water partition coefficient (Wildman–Crippen LogP) is 8.49. The van der Waals surface area contributed by atoms with Gasteiger partial charge in [0, 0.05) is 72.5 Å². The maximum atomic E-state index is 15.5. The average Bonchev–Trinajstić information content (AvgIpc) is 3.67. The van der Waals surface area contributed by atoms with Crippen molar-refractivity contribution in [2.75, 3.05) is 6.26 Å². The number of carbonyl (C=O) groups excluding carboxylic acids is 1. The molecule has 1 saturated heterocycles. The third kappa shape index (κ3) is 8.50. The first-order valence-electron chi connectivity index (χ1n) is 19.8. The molecule has 5 aromatic rings. The second-order valence-electron chi connectivity index (χ2n) is 17.1. The van der Waals surface area contributed by atoms with Crippen LogP contribution in [0.1, 0.15) is 91.0 Å². The number of ketones is 1. The molecular formula is C44H41ClF7N5O4S. The summed E-state index contributed by atoms with van der Waals surface area (Å²) >= 11 is 6.74. The molecule has 1 aliphatic heterocycles. The summed E-state index contributed by atoms with van der Waals surface area (Å²) in [6.07, 6.45) is -4.73. The van der Waals surface area contributed by atoms with Crippen molar-refractivity contribution in [2.24, 2.45) is 13.0 Å². The quantitative estimate of drug-likeness (QED) is 0.0851. The second-order valence-corrected chi connectivity index (χ2v) is 20.1. The molecule has 4 heterocycles. The Bertz CT molecular complexity index is 2800. The second kappa shape index (κ2) is 15.5. The Kier molecular flexibility index (Phi) is 11.0. The predicted molar refractivity (Wildman–Crippen MR) is 219 cm³/mol. The molecule has 0 spiro atoms. The lowest BCUT2D eigenvalue weighted by molar-refractivity contribution is -0.142. The van der Waals surface area contributed by atoms with Crippen LogP contribution in [0, 0.1) is 29.4 Å². The number of ether oxygens (including phenoxy) is 1. The summed E-state index contributed by atoms with van der Waals surface area (Å²) in [6.45, 7) is 2.66. The molecule has 9 nitrogen and oxygen atoms in total. The Labute approximate surface area is 357 Å². The van der Waals surface area contributed by atoms with Gasteiger partial charge in [0.15, 0.2) is 11.5 Å². The van der Waals surface area contributed by atoms with Gasteiger partial charge in [0.05, 0.1) is 39.9 Å². The van der Waals surface area contributed by atoms with Crippen molar-refractivity contribution in [1.82, 2.24) is 24.5 Å². The topological polar surface area (TPSA) is 112 Å². The van der Waals surface area contributed by atoms with Crippen molar-refractivity contribution in [1.29, 1.82) is 0 Å². The number of halogens is 8. The number of aryl methyl sites for hydroxylation is 1. The van der Waals surface area contributed by atoms with Crippen LogP contribution < -0.4 is 0 Å². The van der Waals surface area contributed by atoms with Crippen molar-refractivity contribution < 1.29 is 49.6 Å². The molecule has 3 aliphatic rings. The molecule has 1 saturated carbocycles. The number of rotatable bonds is 10. The van der Waals surface area contributed by atoms with Crippen molar-refractivity contribution in [3.63, 3.8) is 0 Å². The molecule has 3 unspecified atom stereocenters. The van der Waals surface area contributed by atoms with Gasteiger partial charge in [-0.05, 0) is 89.8 Å². The van der Waals surface area contributed by atoms with Crippen molar-refractivity contribution in [2.45, 2.75) is 100.0 Å². The van der Waals surface area contributed by atoms with Gasteiger partial charge in [-0.15, -0.1) is 0 Å². The number of hydrogen-bond acceptors (Lipinski definition) is 7. The Morgan fingerprint density at radius 2 is 1.74 bits per heavy atom. The summed E-state index contributed by atoms with van der Waals surface area (Å²) in [5, 5.41) is 20.3. The monoisotopic (exact) mass is 903 g/mol. The highest BCUT2D eigenvalue weighted by Gasteiger charge is 2.68. The van der Waals surface area contributed by atoms with Gasteiger partial charge in [0.1, 0.15) is 35.2 Å². The number of fused-ring (bicyclic) bond motifs is 4. The zero-order chi connectivity index (χ0) is 44.8. The standard InChI is InChI=1S/C44H41ClF7N5O4S/c1-22-18-42(59,19-23(2)61-22)11-10-28-6-7-30(31-8-9-34(45)37-35(21-62(4,5)60)54-56(3)39(31)37)38(53-28)25(12-24-13-26(46)16-27(47)14-24)15-29(58)20-57-41-36(40(55-57)44(50,51)52)32-17-33(32)43(41,48)49/h6-9,13-14,16,22-23,25,32-33,59H,4,12,15,17-21H2,1-3,5H3/t22?,23?,25-,32+,33-,42?,62?/m1/s1. The number of carbonyl (C=O) groups is 1. The van der Waals surface area contributed by atoms with Gasteiger partial charge < -0.3 is 9.84 Å². The van der Waals surface area contributed by atoms with Crippen LogP contribution in [0.4, 0.5) is 30.7 Å². The third-order valence-corrected chi connectivity index (χ3v) is 12.8. The fourth-order valence-electron chi connectivity index (χ4n) is 9.34. The Morgan fingerprint density at radius 3 is 2.39 bits per heavy atom. The first kappa shape index (κ1) is 43.9. The van der Waals surface area contributed by atoms with E-state index in [1.807, 2.05) is 13.8 Å². The molecule has 6 atom stereocenters. The van der Waals surface area contributed by atoms with Gasteiger partial charge >= 0.3 is 6.18 Å². The van der Waals surface area contributed by atoms with Crippen LogP contribution in [0.25, 0.3) is 22.0 Å². The number of alkyl halides is 5. The summed E-state index contributed by atoms with van der Waals surface area (Å²) < 4.78 is 124. The molecule has 0 bridgehead atoms. The lowest BCUT2D eigenvalue weighted by atomic mass is 9.86. The number of benzene rings is 2. The van der Waals surface area contributed by atoms with E-state index >= 15 is 8.78 Å². The number of pyridine rings is 1. The van der Waals surface area contributed by atoms with Crippen molar-refractivity contribution >= 4 is 43.7 Å². The maximum Gasteiger partial charge on any atom is 0.435 e. The number of nitrogens with zero attached hydrogens (tertiary/aromatic N) is 5. The largest absolute Gasteiger partial charge is 0.435 e. The van der Waals surface area contributed by atoms with E-state index in [1.54, 1.807) is 31.3 Å². The van der Waals surface area contributed by atoms with Crippen LogP contribution in [0.3, 0.4) is 0 Å². The van der Waals surface area contributed by atoms with Gasteiger partial charge in [0.2, 0.25) is 0 Å². The maximum absolute atomic E-state index is 15.5. The van der Waals surface area contributed by atoms with Gasteiger partial charge in [0.25, 0.3) is 5.92 Å². The molecule has 2 aromatic carbocycles. The molecule has 3 aromatic heterocycles. The minimum Gasteiger partial charge on any atom is -0.377 e. The Hall–Kier alpha value is -4.76. The highest BCUT2D eigenvalue weighted by atomic mass is 35.5. The van der Waals surface area contributed by atoms with Gasteiger partial charge in [-0.2, -0.15) is 32.1 Å². The Morgan fingerprint density at radius 1 is 1.08 bits per heavy atom. The minimum absolute atomic E-state index is 0.0195. The van der Waals surface area contributed by atoms with Crippen LogP contribution in [-0.2, 0) is 56.9 Å². The fraction of sp³-hybridized carbons (Fsp3) is 0.432. The van der Waals surface area contributed by atoms with Crippen LogP contribution in [-0.4, -0.2) is 69.6 Å². The van der Waals surface area contributed by atoms with Crippen molar-refractivity contribution in [3.05, 3.63) is 98.7 Å². The summed E-state index contributed by atoms with van der Waals surface area (Å²) in [5.74, 6) is -0.167. The minimum atomic E-state index is -5.05. The van der Waals surface area contributed by atoms with Gasteiger partial charge in [-0.25, -0.2) is 13.8 Å². The molecule has 18 heteroatoms. The summed E-state index contributed by atoms with van der Waals surface area (Å²) in [6, 6.07) is 9.27. The van der Waals surface area contributed by atoms with E-state index in [-0.39, 0.29) is 65.6 Å². The zero-order valence-corrected chi connectivity index (χ0v) is 35.5.